The highest BCUT2D eigenvalue weighted by molar-refractivity contribution is 5.79. The van der Waals surface area contributed by atoms with Gasteiger partial charge < -0.3 is 53.6 Å². The zero-order valence-corrected chi connectivity index (χ0v) is 57.0. The molecule has 0 amide bonds. The largest absolute Gasteiger partial charge is 0.462 e. The topological polar surface area (TPSA) is 231 Å². The number of rotatable bonds is 18. The number of alkyl halides is 8. The summed E-state index contributed by atoms with van der Waals surface area (Å²) in [6, 6.07) is 0. The fraction of sp³-hybridized carbons (Fsp3) is 0.932. The van der Waals surface area contributed by atoms with Gasteiger partial charge in [-0.3, -0.25) is 24.0 Å². The van der Waals surface area contributed by atoms with Gasteiger partial charge in [0.1, 0.15) is 17.8 Å². The molecular weight excluding hydrogens is 1280 g/mol. The first-order valence-corrected chi connectivity index (χ1v) is 31.4. The molecule has 0 radical (unpaired) electrons. The fourth-order valence-electron chi connectivity index (χ4n) is 12.2. The van der Waals surface area contributed by atoms with E-state index in [1.54, 1.807) is 34.6 Å². The lowest BCUT2D eigenvalue weighted by Gasteiger charge is -2.70. The first-order valence-electron chi connectivity index (χ1n) is 31.4. The number of esters is 5. The highest BCUT2D eigenvalue weighted by atomic mass is 19.4. The molecule has 5 aliphatic carbocycles. The van der Waals surface area contributed by atoms with E-state index in [4.69, 9.17) is 23.7 Å². The van der Waals surface area contributed by atoms with Crippen LogP contribution in [0.2, 0.25) is 0 Å². The molecule has 584 valence electrons. The maximum absolute atomic E-state index is 14.0. The molecule has 0 aromatic carbocycles. The molecular formula is C73H140F8O16. The normalized spacial score (nSPS) is 29.5. The molecule has 2 saturated heterocycles. The predicted octanol–water partition coefficient (Wildman–Crippen LogP) is 18.6. The molecule has 7 unspecified atom stereocenters. The minimum atomic E-state index is -5.74. The Balaban J connectivity index is -0.000000281. The van der Waals surface area contributed by atoms with Crippen molar-refractivity contribution >= 4 is 29.8 Å². The van der Waals surface area contributed by atoms with E-state index in [-0.39, 0.29) is 125 Å². The van der Waals surface area contributed by atoms with Crippen LogP contribution >= 0.6 is 0 Å². The molecule has 97 heavy (non-hydrogen) atoms. The summed E-state index contributed by atoms with van der Waals surface area (Å²) in [5, 5.41) is 40.9. The first kappa shape index (κ1) is 105. The predicted molar refractivity (Wildman–Crippen MR) is 367 cm³/mol. The molecule has 7 aliphatic rings. The van der Waals surface area contributed by atoms with Crippen LogP contribution in [0.3, 0.4) is 0 Å². The maximum Gasteiger partial charge on any atom is 0.449 e. The van der Waals surface area contributed by atoms with Crippen molar-refractivity contribution in [3.05, 3.63) is 0 Å². The van der Waals surface area contributed by atoms with Crippen molar-refractivity contribution in [3.8, 4) is 0 Å². The Kier molecular flexibility index (Phi) is 37.4. The number of cyclic esters (lactones) is 1. The molecule has 2 aliphatic heterocycles. The molecule has 0 spiro atoms. The monoisotopic (exact) mass is 1430 g/mol. The van der Waals surface area contributed by atoms with Crippen LogP contribution < -0.4 is 0 Å². The minimum absolute atomic E-state index is 0. The molecule has 5 saturated carbocycles. The van der Waals surface area contributed by atoms with Gasteiger partial charge in [-0.05, 0) is 226 Å². The van der Waals surface area contributed by atoms with E-state index in [1.807, 2.05) is 90.0 Å². The minimum Gasteiger partial charge on any atom is -0.462 e. The Morgan fingerprint density at radius 3 is 1.26 bits per heavy atom. The number of carbonyl (C=O) groups is 5. The lowest BCUT2D eigenvalue weighted by molar-refractivity contribution is -0.409. The highest BCUT2D eigenvalue weighted by Crippen LogP contribution is 2.72. The number of aliphatic hydroxyl groups is 4. The van der Waals surface area contributed by atoms with Crippen molar-refractivity contribution in [2.75, 3.05) is 13.2 Å². The Bertz CT molecular complexity index is 2460. The van der Waals surface area contributed by atoms with Gasteiger partial charge in [-0.1, -0.05) is 87.1 Å². The van der Waals surface area contributed by atoms with Crippen LogP contribution in [-0.2, 0) is 57.1 Å². The zero-order valence-electron chi connectivity index (χ0n) is 57.0. The van der Waals surface area contributed by atoms with Crippen molar-refractivity contribution < 1.29 is 113 Å². The van der Waals surface area contributed by atoms with Crippen molar-refractivity contribution in [2.24, 2.45) is 44.3 Å². The summed E-state index contributed by atoms with van der Waals surface area (Å²) >= 11 is 0. The lowest BCUT2D eigenvalue weighted by atomic mass is 9.37. The second kappa shape index (κ2) is 34.7. The summed E-state index contributed by atoms with van der Waals surface area (Å²) in [7, 11) is 0. The van der Waals surface area contributed by atoms with Crippen molar-refractivity contribution in [2.45, 2.75) is 384 Å². The highest BCUT2D eigenvalue weighted by Gasteiger charge is 2.83. The van der Waals surface area contributed by atoms with E-state index in [0.29, 0.717) is 64.2 Å². The van der Waals surface area contributed by atoms with E-state index in [2.05, 4.69) is 9.47 Å². The molecule has 4 N–H and O–H groups in total. The molecule has 4 bridgehead atoms. The average Bonchev–Trinajstić information content (AvgIpc) is 1.05. The standard InChI is InChI=1S/C22H38O4.C19H33F3O4.C12H17F5O4.C12H20O4.8CH4/c1-8-17(2,3)16(23)26-22-11-15-9-20(13-22,18(4,5)24)12-21(10-15,14-22)19(6,7)25;1-7-16(2,3)15(23)26-14-10-8-13(9-11-14)17(4,5)25-12-18(6,24)19(20,21)22;1-5-8(2,3)7(18)21-9(4)6-20-11(19,10(9,13)14)12(15,16)17;1-6-11(3,4)10(14)16-12(5)7-9(13)15-8(12)2;;;;;;;;/h15,24-25H,8-14H2,1-7H3;13-14,24H,7-12H2,1-6H3;19H,5-6H2,1-4H3;8H,6-7H2,1-5H3;8*1H4. The van der Waals surface area contributed by atoms with Crippen LogP contribution in [0.5, 0.6) is 0 Å². The van der Waals surface area contributed by atoms with Gasteiger partial charge in [-0.15, -0.1) is 0 Å². The summed E-state index contributed by atoms with van der Waals surface area (Å²) in [6.07, 6.45) is -0.745. The van der Waals surface area contributed by atoms with Crippen LogP contribution in [0.4, 0.5) is 35.1 Å². The summed E-state index contributed by atoms with van der Waals surface area (Å²) in [5.74, 6) is -11.1. The van der Waals surface area contributed by atoms with Crippen molar-refractivity contribution in [1.29, 1.82) is 0 Å². The third-order valence-electron chi connectivity index (χ3n) is 21.3. The zero-order chi connectivity index (χ0) is 69.7. The second-order valence-electron chi connectivity index (χ2n) is 31.4. The second-order valence-corrected chi connectivity index (χ2v) is 31.4. The van der Waals surface area contributed by atoms with E-state index in [9.17, 15) is 79.5 Å². The van der Waals surface area contributed by atoms with Gasteiger partial charge in [0.25, 0.3) is 0 Å². The van der Waals surface area contributed by atoms with Crippen LogP contribution in [0.15, 0.2) is 0 Å². The molecule has 7 atom stereocenters. The summed E-state index contributed by atoms with van der Waals surface area (Å²) < 4.78 is 141. The van der Waals surface area contributed by atoms with Gasteiger partial charge in [0, 0.05) is 10.8 Å². The fourth-order valence-corrected chi connectivity index (χ4v) is 12.2. The number of hydrogen-bond acceptors (Lipinski definition) is 16. The molecule has 7 fully saturated rings. The molecule has 2 heterocycles. The van der Waals surface area contributed by atoms with Crippen LogP contribution in [-0.4, -0.2) is 139 Å². The van der Waals surface area contributed by atoms with Crippen molar-refractivity contribution in [3.63, 3.8) is 0 Å². The van der Waals surface area contributed by atoms with Gasteiger partial charge in [0.05, 0.1) is 58.1 Å². The number of ether oxygens (including phenoxy) is 7. The number of halogens is 8. The summed E-state index contributed by atoms with van der Waals surface area (Å²) in [6.45, 7) is 35.3. The SMILES string of the molecule is C.C.C.C.C.C.C.C.CCC(C)(C)C(=O)OC1(C)CC(=O)OC1C.CCC(C)(C)C(=O)OC1(C)COC(O)(C(F)(F)F)C1(F)F.CCC(C)(C)C(=O)OC12CC3CC(C(C)(C)O)(C1)CC(C(C)(C)O)(C3)C2.CCC(C)(C)C(=O)OC1CCC(C(C)(C)OCC(C)(O)C(F)(F)F)CC1. The molecule has 7 rings (SSSR count). The van der Waals surface area contributed by atoms with Gasteiger partial charge in [0.15, 0.2) is 11.2 Å². The molecule has 16 nitrogen and oxygen atoms in total. The van der Waals surface area contributed by atoms with Gasteiger partial charge in [0.2, 0.25) is 5.60 Å². The molecule has 0 aromatic heterocycles. The van der Waals surface area contributed by atoms with E-state index < -0.39 is 104 Å². The maximum atomic E-state index is 14.0. The first-order chi connectivity index (χ1) is 39.6. The number of hydrogen-bond donors (Lipinski definition) is 4. The van der Waals surface area contributed by atoms with Crippen LogP contribution in [0, 0.1) is 44.3 Å². The summed E-state index contributed by atoms with van der Waals surface area (Å²) in [5.41, 5.74) is -13.0. The Hall–Kier alpha value is -3.45. The summed E-state index contributed by atoms with van der Waals surface area (Å²) in [4.78, 5) is 60.0. The van der Waals surface area contributed by atoms with Crippen LogP contribution in [0.25, 0.3) is 0 Å². The van der Waals surface area contributed by atoms with E-state index >= 15 is 0 Å². The third kappa shape index (κ3) is 22.5. The Morgan fingerprint density at radius 2 is 0.928 bits per heavy atom. The lowest BCUT2D eigenvalue weighted by Crippen LogP contribution is -2.70. The average molecular weight is 1430 g/mol. The molecule has 0 aromatic rings. The van der Waals surface area contributed by atoms with Gasteiger partial charge >= 0.3 is 53.9 Å². The van der Waals surface area contributed by atoms with Crippen molar-refractivity contribution in [1.82, 2.24) is 0 Å². The van der Waals surface area contributed by atoms with Crippen LogP contribution in [0.1, 0.15) is 308 Å². The smallest absolute Gasteiger partial charge is 0.449 e. The van der Waals surface area contributed by atoms with Gasteiger partial charge in [-0.2, -0.15) is 35.1 Å². The quantitative estimate of drug-likeness (QED) is 0.0568. The molecule has 24 heteroatoms. The van der Waals surface area contributed by atoms with E-state index in [0.717, 1.165) is 39.0 Å². The van der Waals surface area contributed by atoms with E-state index in [1.165, 1.54) is 13.8 Å². The van der Waals surface area contributed by atoms with Gasteiger partial charge in [-0.25, -0.2) is 0 Å². The Morgan fingerprint density at radius 1 is 0.557 bits per heavy atom. The Labute approximate surface area is 581 Å². The third-order valence-corrected chi connectivity index (χ3v) is 21.3. The number of carbonyl (C=O) groups excluding carboxylic acids is 5.